The van der Waals surface area contributed by atoms with Crippen molar-refractivity contribution in [1.82, 2.24) is 5.32 Å². The SMILES string of the molecule is CCCCCCCCCCCCCC/C=C/C[C@H](CO)NC. The summed E-state index contributed by atoms with van der Waals surface area (Å²) in [4.78, 5) is 0. The van der Waals surface area contributed by atoms with Crippen molar-refractivity contribution in [2.24, 2.45) is 0 Å². The molecule has 0 aromatic carbocycles. The van der Waals surface area contributed by atoms with Crippen LogP contribution in [0.1, 0.15) is 96.8 Å². The molecule has 1 atom stereocenters. The highest BCUT2D eigenvalue weighted by Gasteiger charge is 1.99. The van der Waals surface area contributed by atoms with Crippen molar-refractivity contribution >= 4 is 0 Å². The molecule has 22 heavy (non-hydrogen) atoms. The van der Waals surface area contributed by atoms with E-state index in [-0.39, 0.29) is 12.6 Å². The maximum atomic E-state index is 9.04. The summed E-state index contributed by atoms with van der Waals surface area (Å²) in [5, 5.41) is 12.1. The standard InChI is InChI=1S/C20H41NO/c1-3-4-5-6-7-8-9-10-11-12-13-14-15-16-17-18-20(19-22)21-2/h16-17,20-22H,3-15,18-19H2,1-2H3/b17-16+/t20-/m1/s1. The second kappa shape index (κ2) is 18.7. The van der Waals surface area contributed by atoms with Crippen molar-refractivity contribution in [3.05, 3.63) is 12.2 Å². The summed E-state index contributed by atoms with van der Waals surface area (Å²) < 4.78 is 0. The van der Waals surface area contributed by atoms with Gasteiger partial charge in [-0.2, -0.15) is 0 Å². The highest BCUT2D eigenvalue weighted by Crippen LogP contribution is 2.12. The molecule has 0 radical (unpaired) electrons. The molecule has 0 aromatic rings. The third-order valence-corrected chi connectivity index (χ3v) is 4.44. The topological polar surface area (TPSA) is 32.3 Å². The van der Waals surface area contributed by atoms with Gasteiger partial charge >= 0.3 is 0 Å². The van der Waals surface area contributed by atoms with Crippen LogP contribution in [0.3, 0.4) is 0 Å². The molecule has 2 nitrogen and oxygen atoms in total. The van der Waals surface area contributed by atoms with Gasteiger partial charge in [-0.15, -0.1) is 0 Å². The van der Waals surface area contributed by atoms with Crippen LogP contribution in [-0.4, -0.2) is 24.8 Å². The maximum Gasteiger partial charge on any atom is 0.0587 e. The highest BCUT2D eigenvalue weighted by molar-refractivity contribution is 4.85. The van der Waals surface area contributed by atoms with E-state index in [4.69, 9.17) is 5.11 Å². The van der Waals surface area contributed by atoms with Crippen LogP contribution in [-0.2, 0) is 0 Å². The first kappa shape index (κ1) is 21.7. The monoisotopic (exact) mass is 311 g/mol. The van der Waals surface area contributed by atoms with Crippen LogP contribution >= 0.6 is 0 Å². The highest BCUT2D eigenvalue weighted by atomic mass is 16.3. The Kier molecular flexibility index (Phi) is 18.4. The number of allylic oxidation sites excluding steroid dienone is 1. The molecule has 0 heterocycles. The molecule has 0 rings (SSSR count). The minimum Gasteiger partial charge on any atom is -0.395 e. The fraction of sp³-hybridized carbons (Fsp3) is 0.900. The van der Waals surface area contributed by atoms with E-state index in [1.54, 1.807) is 0 Å². The number of nitrogens with one attached hydrogen (secondary N) is 1. The number of aliphatic hydroxyl groups is 1. The summed E-state index contributed by atoms with van der Waals surface area (Å²) in [5.74, 6) is 0. The van der Waals surface area contributed by atoms with Gasteiger partial charge in [0.1, 0.15) is 0 Å². The number of aliphatic hydroxyl groups excluding tert-OH is 1. The zero-order valence-electron chi connectivity index (χ0n) is 15.3. The van der Waals surface area contributed by atoms with Gasteiger partial charge < -0.3 is 10.4 Å². The van der Waals surface area contributed by atoms with Crippen LogP contribution in [0, 0.1) is 0 Å². The zero-order valence-corrected chi connectivity index (χ0v) is 15.3. The largest absolute Gasteiger partial charge is 0.395 e. The van der Waals surface area contributed by atoms with E-state index in [9.17, 15) is 0 Å². The van der Waals surface area contributed by atoms with Crippen molar-refractivity contribution in [2.75, 3.05) is 13.7 Å². The number of rotatable bonds is 17. The van der Waals surface area contributed by atoms with Crippen LogP contribution in [0.2, 0.25) is 0 Å². The van der Waals surface area contributed by atoms with Gasteiger partial charge in [0, 0.05) is 6.04 Å². The first-order chi connectivity index (χ1) is 10.8. The van der Waals surface area contributed by atoms with Crippen LogP contribution < -0.4 is 5.32 Å². The molecule has 0 aliphatic heterocycles. The lowest BCUT2D eigenvalue weighted by Crippen LogP contribution is -2.27. The summed E-state index contributed by atoms with van der Waals surface area (Å²) in [7, 11) is 1.90. The third-order valence-electron chi connectivity index (χ3n) is 4.44. The van der Waals surface area contributed by atoms with E-state index in [1.807, 2.05) is 7.05 Å². The van der Waals surface area contributed by atoms with Crippen molar-refractivity contribution in [3.8, 4) is 0 Å². The Morgan fingerprint density at radius 2 is 1.27 bits per heavy atom. The molecular weight excluding hydrogens is 270 g/mol. The fourth-order valence-corrected chi connectivity index (χ4v) is 2.77. The quantitative estimate of drug-likeness (QED) is 0.270. The molecule has 0 aliphatic carbocycles. The number of hydrogen-bond acceptors (Lipinski definition) is 2. The van der Waals surface area contributed by atoms with E-state index in [1.165, 1.54) is 83.5 Å². The van der Waals surface area contributed by atoms with Gasteiger partial charge in [-0.3, -0.25) is 0 Å². The Morgan fingerprint density at radius 1 is 0.773 bits per heavy atom. The summed E-state index contributed by atoms with van der Waals surface area (Å²) in [6, 6.07) is 0.221. The minimum absolute atomic E-state index is 0.221. The van der Waals surface area contributed by atoms with Crippen LogP contribution in [0.4, 0.5) is 0 Å². The average Bonchev–Trinajstić information content (AvgIpc) is 2.55. The summed E-state index contributed by atoms with van der Waals surface area (Å²) in [6.07, 6.45) is 23.6. The fourth-order valence-electron chi connectivity index (χ4n) is 2.77. The van der Waals surface area contributed by atoms with E-state index in [0.717, 1.165) is 6.42 Å². The first-order valence-corrected chi connectivity index (χ1v) is 9.78. The van der Waals surface area contributed by atoms with Gasteiger partial charge in [0.05, 0.1) is 6.61 Å². The van der Waals surface area contributed by atoms with Crippen molar-refractivity contribution in [2.45, 2.75) is 103 Å². The summed E-state index contributed by atoms with van der Waals surface area (Å²) in [5.41, 5.74) is 0. The second-order valence-electron chi connectivity index (χ2n) is 6.55. The Hall–Kier alpha value is -0.340. The van der Waals surface area contributed by atoms with E-state index >= 15 is 0 Å². The van der Waals surface area contributed by atoms with Gasteiger partial charge in [-0.05, 0) is 26.3 Å². The lowest BCUT2D eigenvalue weighted by atomic mass is 10.0. The van der Waals surface area contributed by atoms with Gasteiger partial charge in [0.25, 0.3) is 0 Å². The van der Waals surface area contributed by atoms with Crippen molar-refractivity contribution < 1.29 is 5.11 Å². The van der Waals surface area contributed by atoms with Crippen LogP contribution in [0.15, 0.2) is 12.2 Å². The normalized spacial score (nSPS) is 13.0. The molecule has 0 saturated heterocycles. The molecule has 0 amide bonds. The Bertz CT molecular complexity index is 224. The third kappa shape index (κ3) is 16.0. The van der Waals surface area contributed by atoms with Gasteiger partial charge in [-0.1, -0.05) is 89.7 Å². The summed E-state index contributed by atoms with van der Waals surface area (Å²) >= 11 is 0. The number of likely N-dealkylation sites (N-methyl/N-ethyl adjacent to an activating group) is 1. The molecule has 0 spiro atoms. The smallest absolute Gasteiger partial charge is 0.0587 e. The molecule has 132 valence electrons. The minimum atomic E-state index is 0.221. The van der Waals surface area contributed by atoms with Crippen LogP contribution in [0.5, 0.6) is 0 Å². The predicted octanol–water partition coefficient (Wildman–Crippen LogP) is 5.60. The average molecular weight is 312 g/mol. The Morgan fingerprint density at radius 3 is 1.73 bits per heavy atom. The summed E-state index contributed by atoms with van der Waals surface area (Å²) in [6.45, 7) is 2.50. The molecular formula is C20H41NO. The molecule has 0 aliphatic rings. The molecule has 0 fully saturated rings. The van der Waals surface area contributed by atoms with E-state index in [2.05, 4.69) is 24.4 Å². The van der Waals surface area contributed by atoms with Crippen molar-refractivity contribution in [3.63, 3.8) is 0 Å². The number of unbranched alkanes of at least 4 members (excludes halogenated alkanes) is 12. The first-order valence-electron chi connectivity index (χ1n) is 9.78. The predicted molar refractivity (Wildman–Crippen MR) is 99.4 cm³/mol. The molecule has 2 N–H and O–H groups in total. The van der Waals surface area contributed by atoms with E-state index < -0.39 is 0 Å². The van der Waals surface area contributed by atoms with E-state index in [0.29, 0.717) is 0 Å². The number of hydrogen-bond donors (Lipinski definition) is 2. The Labute approximate surface area is 139 Å². The van der Waals surface area contributed by atoms with Gasteiger partial charge in [0.15, 0.2) is 0 Å². The van der Waals surface area contributed by atoms with Gasteiger partial charge in [-0.25, -0.2) is 0 Å². The Balaban J connectivity index is 3.12. The molecule has 0 unspecified atom stereocenters. The van der Waals surface area contributed by atoms with Gasteiger partial charge in [0.2, 0.25) is 0 Å². The van der Waals surface area contributed by atoms with Crippen molar-refractivity contribution in [1.29, 1.82) is 0 Å². The molecule has 2 heteroatoms. The lowest BCUT2D eigenvalue weighted by Gasteiger charge is -2.08. The zero-order chi connectivity index (χ0) is 16.3. The van der Waals surface area contributed by atoms with Crippen LogP contribution in [0.25, 0.3) is 0 Å². The molecule has 0 saturated carbocycles. The lowest BCUT2D eigenvalue weighted by molar-refractivity contribution is 0.249. The molecule has 0 bridgehead atoms. The molecule has 0 aromatic heterocycles. The second-order valence-corrected chi connectivity index (χ2v) is 6.55. The maximum absolute atomic E-state index is 9.04.